The molecule has 0 aromatic heterocycles. The normalized spacial score (nSPS) is 24.0. The van der Waals surface area contributed by atoms with E-state index in [0.717, 1.165) is 25.7 Å². The second kappa shape index (κ2) is 9.62. The molecule has 0 aliphatic carbocycles. The van der Waals surface area contributed by atoms with Gasteiger partial charge in [0.05, 0.1) is 18.7 Å². The third-order valence-electron chi connectivity index (χ3n) is 5.97. The van der Waals surface area contributed by atoms with Crippen LogP contribution in [-0.4, -0.2) is 61.1 Å². The number of carbonyl (C=O) groups excluding carboxylic acids is 2. The molecule has 3 rings (SSSR count). The van der Waals surface area contributed by atoms with Crippen molar-refractivity contribution in [3.63, 3.8) is 0 Å². The molecule has 30 heavy (non-hydrogen) atoms. The van der Waals surface area contributed by atoms with Crippen LogP contribution in [-0.2, 0) is 9.53 Å². The fourth-order valence-corrected chi connectivity index (χ4v) is 5.04. The first-order valence-electron chi connectivity index (χ1n) is 10.5. The molecule has 2 N–H and O–H groups in total. The maximum Gasteiger partial charge on any atom is 0.251 e. The predicted octanol–water partition coefficient (Wildman–Crippen LogP) is 2.99. The van der Waals surface area contributed by atoms with Gasteiger partial charge in [-0.1, -0.05) is 11.6 Å². The summed E-state index contributed by atoms with van der Waals surface area (Å²) in [7, 11) is 1.63. The summed E-state index contributed by atoms with van der Waals surface area (Å²) in [5.74, 6) is -0.472. The van der Waals surface area contributed by atoms with Gasteiger partial charge >= 0.3 is 0 Å². The van der Waals surface area contributed by atoms with Crippen molar-refractivity contribution in [2.24, 2.45) is 5.92 Å². The summed E-state index contributed by atoms with van der Waals surface area (Å²) >= 11 is 5.84. The molecule has 3 atom stereocenters. The Labute approximate surface area is 182 Å². The number of rotatable bonds is 8. The van der Waals surface area contributed by atoms with E-state index in [4.69, 9.17) is 16.3 Å². The number of hydrogen-bond acceptors (Lipinski definition) is 4. The first kappa shape index (κ1) is 23.0. The van der Waals surface area contributed by atoms with E-state index >= 15 is 0 Å². The molecule has 6 nitrogen and oxygen atoms in total. The number of amides is 2. The maximum absolute atomic E-state index is 13.5. The van der Waals surface area contributed by atoms with Gasteiger partial charge in [0.2, 0.25) is 5.91 Å². The fourth-order valence-electron chi connectivity index (χ4n) is 4.82. The Bertz CT molecular complexity index is 755. The molecule has 2 saturated heterocycles. The third kappa shape index (κ3) is 5.93. The number of nitrogens with one attached hydrogen (secondary N) is 2. The largest absolute Gasteiger partial charge is 0.382 e. The predicted molar refractivity (Wildman–Crippen MR) is 114 cm³/mol. The second-order valence-electron chi connectivity index (χ2n) is 9.13. The highest BCUT2D eigenvalue weighted by Gasteiger charge is 2.41. The van der Waals surface area contributed by atoms with Crippen LogP contribution in [0.1, 0.15) is 49.9 Å². The summed E-state index contributed by atoms with van der Waals surface area (Å²) in [6.07, 6.45) is 4.03. The van der Waals surface area contributed by atoms with E-state index in [2.05, 4.69) is 15.5 Å². The lowest BCUT2D eigenvalue weighted by Crippen LogP contribution is -2.53. The maximum atomic E-state index is 13.5. The number of benzene rings is 1. The van der Waals surface area contributed by atoms with Crippen molar-refractivity contribution in [1.29, 1.82) is 0 Å². The SMILES string of the molecule is COCC(C)(C)NC(=O)CN1[C@@H]2CC[C@H]1C[C@H](CNC(=O)c1cc(F)cc(Cl)c1)C2. The highest BCUT2D eigenvalue weighted by Crippen LogP contribution is 2.38. The fraction of sp³-hybridized carbons (Fsp3) is 0.636. The molecular weight excluding hydrogens is 409 g/mol. The van der Waals surface area contributed by atoms with Crippen molar-refractivity contribution >= 4 is 23.4 Å². The van der Waals surface area contributed by atoms with Gasteiger partial charge in [0, 0.05) is 36.3 Å². The lowest BCUT2D eigenvalue weighted by Gasteiger charge is -2.39. The van der Waals surface area contributed by atoms with Crippen LogP contribution in [0.3, 0.4) is 0 Å². The van der Waals surface area contributed by atoms with Crippen molar-refractivity contribution in [2.45, 2.75) is 57.2 Å². The molecule has 2 bridgehead atoms. The smallest absolute Gasteiger partial charge is 0.251 e. The molecule has 166 valence electrons. The Hall–Kier alpha value is -1.70. The van der Waals surface area contributed by atoms with Crippen molar-refractivity contribution in [2.75, 3.05) is 26.8 Å². The summed E-state index contributed by atoms with van der Waals surface area (Å²) < 4.78 is 18.6. The summed E-state index contributed by atoms with van der Waals surface area (Å²) in [5, 5.41) is 6.17. The Kier molecular flexibility index (Phi) is 7.37. The van der Waals surface area contributed by atoms with Gasteiger partial charge in [0.1, 0.15) is 5.82 Å². The highest BCUT2D eigenvalue weighted by atomic mass is 35.5. The first-order valence-corrected chi connectivity index (χ1v) is 10.8. The summed E-state index contributed by atoms with van der Waals surface area (Å²) in [6, 6.07) is 4.54. The van der Waals surface area contributed by atoms with Gasteiger partial charge in [-0.05, 0) is 63.6 Å². The lowest BCUT2D eigenvalue weighted by atomic mass is 9.90. The molecular formula is C22H31ClFN3O3. The molecule has 0 spiro atoms. The third-order valence-corrected chi connectivity index (χ3v) is 6.19. The number of fused-ring (bicyclic) bond motifs is 2. The number of carbonyl (C=O) groups is 2. The van der Waals surface area contributed by atoms with Crippen molar-refractivity contribution in [3.05, 3.63) is 34.6 Å². The average molecular weight is 440 g/mol. The van der Waals surface area contributed by atoms with E-state index in [-0.39, 0.29) is 22.4 Å². The Morgan fingerprint density at radius 1 is 1.23 bits per heavy atom. The van der Waals surface area contributed by atoms with Crippen LogP contribution >= 0.6 is 11.6 Å². The van der Waals surface area contributed by atoms with Crippen LogP contribution in [0.5, 0.6) is 0 Å². The molecule has 8 heteroatoms. The number of piperidine rings is 1. The molecule has 2 fully saturated rings. The highest BCUT2D eigenvalue weighted by molar-refractivity contribution is 6.31. The average Bonchev–Trinajstić information content (AvgIpc) is 2.86. The van der Waals surface area contributed by atoms with Crippen LogP contribution in [0.2, 0.25) is 5.02 Å². The monoisotopic (exact) mass is 439 g/mol. The van der Waals surface area contributed by atoms with E-state index in [1.54, 1.807) is 7.11 Å². The lowest BCUT2D eigenvalue weighted by molar-refractivity contribution is -0.125. The molecule has 2 heterocycles. The topological polar surface area (TPSA) is 70.7 Å². The Balaban J connectivity index is 1.50. The summed E-state index contributed by atoms with van der Waals surface area (Å²) in [4.78, 5) is 27.2. The zero-order chi connectivity index (χ0) is 21.9. The number of hydrogen-bond donors (Lipinski definition) is 2. The van der Waals surface area contributed by atoms with Gasteiger partial charge in [-0.15, -0.1) is 0 Å². The minimum Gasteiger partial charge on any atom is -0.382 e. The van der Waals surface area contributed by atoms with Gasteiger partial charge in [0.25, 0.3) is 5.91 Å². The van der Waals surface area contributed by atoms with Gasteiger partial charge in [-0.25, -0.2) is 4.39 Å². The standard InChI is InChI=1S/C22H31ClFN3O3/c1-22(2,13-30-3)26-20(28)12-27-18-4-5-19(27)7-14(6-18)11-25-21(29)15-8-16(23)10-17(24)9-15/h8-10,14,18-19H,4-7,11-13H2,1-3H3,(H,25,29)(H,26,28)/t14-,18-,19+. The molecule has 1 aromatic rings. The van der Waals surface area contributed by atoms with Crippen LogP contribution in [0.15, 0.2) is 18.2 Å². The van der Waals surface area contributed by atoms with Gasteiger partial charge in [-0.2, -0.15) is 0 Å². The van der Waals surface area contributed by atoms with Crippen LogP contribution in [0.25, 0.3) is 0 Å². The van der Waals surface area contributed by atoms with E-state index in [1.165, 1.54) is 18.2 Å². The number of ether oxygens (including phenoxy) is 1. The number of nitrogens with zero attached hydrogens (tertiary/aromatic N) is 1. The molecule has 2 aliphatic heterocycles. The molecule has 0 unspecified atom stereocenters. The van der Waals surface area contributed by atoms with Gasteiger partial charge in [-0.3, -0.25) is 14.5 Å². The molecule has 1 aromatic carbocycles. The zero-order valence-electron chi connectivity index (χ0n) is 17.8. The molecule has 2 aliphatic rings. The van der Waals surface area contributed by atoms with E-state index in [0.29, 0.717) is 37.7 Å². The molecule has 0 saturated carbocycles. The summed E-state index contributed by atoms with van der Waals surface area (Å²) in [6.45, 7) is 5.29. The quantitative estimate of drug-likeness (QED) is 0.653. The molecule has 0 radical (unpaired) electrons. The van der Waals surface area contributed by atoms with Crippen molar-refractivity contribution < 1.29 is 18.7 Å². The van der Waals surface area contributed by atoms with Gasteiger partial charge < -0.3 is 15.4 Å². The van der Waals surface area contributed by atoms with E-state index in [1.807, 2.05) is 13.8 Å². The van der Waals surface area contributed by atoms with Crippen molar-refractivity contribution in [3.8, 4) is 0 Å². The van der Waals surface area contributed by atoms with Crippen LogP contribution < -0.4 is 10.6 Å². The minimum atomic E-state index is -0.522. The summed E-state index contributed by atoms with van der Waals surface area (Å²) in [5.41, 5.74) is -0.163. The molecule has 2 amide bonds. The minimum absolute atomic E-state index is 0.0173. The van der Waals surface area contributed by atoms with Crippen LogP contribution in [0, 0.1) is 11.7 Å². The first-order chi connectivity index (χ1) is 14.2. The van der Waals surface area contributed by atoms with E-state index < -0.39 is 11.4 Å². The van der Waals surface area contributed by atoms with Crippen molar-refractivity contribution in [1.82, 2.24) is 15.5 Å². The Morgan fingerprint density at radius 3 is 2.50 bits per heavy atom. The van der Waals surface area contributed by atoms with Crippen LogP contribution in [0.4, 0.5) is 4.39 Å². The van der Waals surface area contributed by atoms with Gasteiger partial charge in [0.15, 0.2) is 0 Å². The zero-order valence-corrected chi connectivity index (χ0v) is 18.6. The number of halogens is 2. The van der Waals surface area contributed by atoms with E-state index in [9.17, 15) is 14.0 Å². The second-order valence-corrected chi connectivity index (χ2v) is 9.56. The Morgan fingerprint density at radius 2 is 1.90 bits per heavy atom. The number of methoxy groups -OCH3 is 1.